The van der Waals surface area contributed by atoms with Crippen LogP contribution in [0.3, 0.4) is 0 Å². The van der Waals surface area contributed by atoms with E-state index in [1.54, 1.807) is 12.1 Å². The third kappa shape index (κ3) is 3.81. The smallest absolute Gasteiger partial charge is 0.141 e. The Bertz CT molecular complexity index is 583. The van der Waals surface area contributed by atoms with Gasteiger partial charge in [0.25, 0.3) is 0 Å². The topological polar surface area (TPSA) is 12.0 Å². The Labute approximate surface area is 124 Å². The minimum atomic E-state index is -0.380. The average Bonchev–Trinajstić information content (AvgIpc) is 2.48. The van der Waals surface area contributed by atoms with Crippen LogP contribution >= 0.6 is 11.6 Å². The second kappa shape index (κ2) is 6.87. The lowest BCUT2D eigenvalue weighted by atomic mass is 10.00. The molecule has 0 aliphatic carbocycles. The van der Waals surface area contributed by atoms with Gasteiger partial charge in [-0.05, 0) is 55.6 Å². The molecular formula is C17H19ClFN. The van der Waals surface area contributed by atoms with Crippen LogP contribution < -0.4 is 5.32 Å². The lowest BCUT2D eigenvalue weighted by Crippen LogP contribution is -2.21. The van der Waals surface area contributed by atoms with E-state index in [1.165, 1.54) is 11.6 Å². The molecule has 0 saturated carbocycles. The molecule has 0 aliphatic rings. The van der Waals surface area contributed by atoms with Crippen molar-refractivity contribution in [2.45, 2.75) is 25.8 Å². The summed E-state index contributed by atoms with van der Waals surface area (Å²) in [6.07, 6.45) is 2.11. The molecule has 20 heavy (non-hydrogen) atoms. The van der Waals surface area contributed by atoms with Gasteiger partial charge in [-0.15, -0.1) is 0 Å². The minimum absolute atomic E-state index is 0.164. The predicted molar refractivity (Wildman–Crippen MR) is 83.7 cm³/mol. The number of hydrogen-bond acceptors (Lipinski definition) is 1. The summed E-state index contributed by atoms with van der Waals surface area (Å²) in [7, 11) is 1.97. The molecule has 0 aromatic heterocycles. The van der Waals surface area contributed by atoms with Crippen LogP contribution in [0.25, 0.3) is 11.1 Å². The van der Waals surface area contributed by atoms with Crippen molar-refractivity contribution >= 4 is 11.6 Å². The zero-order valence-corrected chi connectivity index (χ0v) is 12.5. The first kappa shape index (κ1) is 15.0. The van der Waals surface area contributed by atoms with Gasteiger partial charge in [0.05, 0.1) is 5.02 Å². The summed E-state index contributed by atoms with van der Waals surface area (Å²) >= 11 is 5.84. The van der Waals surface area contributed by atoms with Gasteiger partial charge in [-0.3, -0.25) is 0 Å². The van der Waals surface area contributed by atoms with Gasteiger partial charge >= 0.3 is 0 Å². The van der Waals surface area contributed by atoms with E-state index >= 15 is 0 Å². The molecule has 0 aliphatic heterocycles. The Balaban J connectivity index is 2.18. The Kier molecular flexibility index (Phi) is 5.16. The molecule has 1 atom stereocenters. The molecule has 1 unspecified atom stereocenters. The second-order valence-corrected chi connectivity index (χ2v) is 5.46. The summed E-state index contributed by atoms with van der Waals surface area (Å²) in [6.45, 7) is 2.17. The van der Waals surface area contributed by atoms with E-state index in [0.29, 0.717) is 6.04 Å². The normalized spacial score (nSPS) is 12.4. The SMILES string of the molecule is CNC(C)CCc1cccc(-c2ccc(F)c(Cl)c2)c1. The van der Waals surface area contributed by atoms with Crippen LogP contribution in [0.2, 0.25) is 5.02 Å². The van der Waals surface area contributed by atoms with Crippen LogP contribution in [-0.2, 0) is 6.42 Å². The fraction of sp³-hybridized carbons (Fsp3) is 0.294. The molecule has 0 bridgehead atoms. The van der Waals surface area contributed by atoms with E-state index in [2.05, 4.69) is 24.4 Å². The number of rotatable bonds is 5. The quantitative estimate of drug-likeness (QED) is 0.843. The Hall–Kier alpha value is -1.38. The zero-order chi connectivity index (χ0) is 14.5. The second-order valence-electron chi connectivity index (χ2n) is 5.06. The zero-order valence-electron chi connectivity index (χ0n) is 11.8. The highest BCUT2D eigenvalue weighted by molar-refractivity contribution is 6.31. The van der Waals surface area contributed by atoms with Gasteiger partial charge in [-0.2, -0.15) is 0 Å². The van der Waals surface area contributed by atoms with Crippen LogP contribution in [0.5, 0.6) is 0 Å². The highest BCUT2D eigenvalue weighted by Crippen LogP contribution is 2.25. The molecule has 3 heteroatoms. The standard InChI is InChI=1S/C17H19ClFN/c1-12(20-2)6-7-13-4-3-5-14(10-13)15-8-9-17(19)16(18)11-15/h3-5,8-12,20H,6-7H2,1-2H3. The fourth-order valence-corrected chi connectivity index (χ4v) is 2.29. The van der Waals surface area contributed by atoms with Gasteiger partial charge < -0.3 is 5.32 Å². The number of aryl methyl sites for hydroxylation is 1. The molecule has 2 rings (SSSR count). The maximum Gasteiger partial charge on any atom is 0.141 e. The van der Waals surface area contributed by atoms with E-state index < -0.39 is 0 Å². The van der Waals surface area contributed by atoms with Gasteiger partial charge in [0.2, 0.25) is 0 Å². The lowest BCUT2D eigenvalue weighted by Gasteiger charge is -2.11. The number of halogens is 2. The largest absolute Gasteiger partial charge is 0.317 e. The van der Waals surface area contributed by atoms with Crippen molar-refractivity contribution < 1.29 is 4.39 Å². The van der Waals surface area contributed by atoms with Crippen LogP contribution in [-0.4, -0.2) is 13.1 Å². The van der Waals surface area contributed by atoms with Crippen LogP contribution in [0.4, 0.5) is 4.39 Å². The van der Waals surface area contributed by atoms with Crippen molar-refractivity contribution in [3.05, 3.63) is 58.9 Å². The molecule has 0 radical (unpaired) electrons. The Morgan fingerprint density at radius 3 is 2.60 bits per heavy atom. The Morgan fingerprint density at radius 2 is 1.90 bits per heavy atom. The lowest BCUT2D eigenvalue weighted by molar-refractivity contribution is 0.565. The Morgan fingerprint density at radius 1 is 1.15 bits per heavy atom. The molecule has 0 spiro atoms. The van der Waals surface area contributed by atoms with Gasteiger partial charge in [0, 0.05) is 6.04 Å². The van der Waals surface area contributed by atoms with Crippen molar-refractivity contribution in [3.63, 3.8) is 0 Å². The highest BCUT2D eigenvalue weighted by Gasteiger charge is 2.05. The summed E-state index contributed by atoms with van der Waals surface area (Å²) in [6, 6.07) is 13.7. The fourth-order valence-electron chi connectivity index (χ4n) is 2.11. The molecule has 1 nitrogen and oxygen atoms in total. The minimum Gasteiger partial charge on any atom is -0.317 e. The molecule has 2 aromatic rings. The number of nitrogens with one attached hydrogen (secondary N) is 1. The maximum atomic E-state index is 13.2. The summed E-state index contributed by atoms with van der Waals surface area (Å²) < 4.78 is 13.2. The number of benzene rings is 2. The first-order valence-electron chi connectivity index (χ1n) is 6.82. The number of hydrogen-bond donors (Lipinski definition) is 1. The molecule has 0 fully saturated rings. The summed E-state index contributed by atoms with van der Waals surface area (Å²) in [5.41, 5.74) is 3.30. The maximum absolute atomic E-state index is 13.2. The van der Waals surface area contributed by atoms with E-state index in [-0.39, 0.29) is 10.8 Å². The van der Waals surface area contributed by atoms with Crippen LogP contribution in [0.1, 0.15) is 18.9 Å². The monoisotopic (exact) mass is 291 g/mol. The third-order valence-electron chi connectivity index (χ3n) is 3.54. The van der Waals surface area contributed by atoms with E-state index in [1.807, 2.05) is 19.2 Å². The van der Waals surface area contributed by atoms with Gasteiger partial charge in [-0.1, -0.05) is 41.9 Å². The highest BCUT2D eigenvalue weighted by atomic mass is 35.5. The van der Waals surface area contributed by atoms with Crippen molar-refractivity contribution in [3.8, 4) is 11.1 Å². The molecule has 0 amide bonds. The molecule has 1 N–H and O–H groups in total. The molecule has 106 valence electrons. The van der Waals surface area contributed by atoms with Crippen molar-refractivity contribution in [1.29, 1.82) is 0 Å². The van der Waals surface area contributed by atoms with Gasteiger partial charge in [0.15, 0.2) is 0 Å². The summed E-state index contributed by atoms with van der Waals surface area (Å²) in [5, 5.41) is 3.40. The van der Waals surface area contributed by atoms with Crippen molar-refractivity contribution in [2.24, 2.45) is 0 Å². The van der Waals surface area contributed by atoms with Crippen LogP contribution in [0.15, 0.2) is 42.5 Å². The van der Waals surface area contributed by atoms with E-state index in [4.69, 9.17) is 11.6 Å². The molecule has 0 saturated heterocycles. The van der Waals surface area contributed by atoms with E-state index in [9.17, 15) is 4.39 Å². The summed E-state index contributed by atoms with van der Waals surface area (Å²) in [5.74, 6) is -0.380. The van der Waals surface area contributed by atoms with Crippen LogP contribution in [0, 0.1) is 5.82 Å². The molecule has 0 heterocycles. The molecular weight excluding hydrogens is 273 g/mol. The third-order valence-corrected chi connectivity index (χ3v) is 3.83. The van der Waals surface area contributed by atoms with Crippen molar-refractivity contribution in [1.82, 2.24) is 5.32 Å². The first-order valence-corrected chi connectivity index (χ1v) is 7.19. The van der Waals surface area contributed by atoms with E-state index in [0.717, 1.165) is 24.0 Å². The van der Waals surface area contributed by atoms with Gasteiger partial charge in [-0.25, -0.2) is 4.39 Å². The van der Waals surface area contributed by atoms with Crippen molar-refractivity contribution in [2.75, 3.05) is 7.05 Å². The molecule has 2 aromatic carbocycles. The van der Waals surface area contributed by atoms with Gasteiger partial charge in [0.1, 0.15) is 5.82 Å². The first-order chi connectivity index (χ1) is 9.60. The summed E-state index contributed by atoms with van der Waals surface area (Å²) in [4.78, 5) is 0. The predicted octanol–water partition coefficient (Wildman–Crippen LogP) is 4.69. The average molecular weight is 292 g/mol.